The van der Waals surface area contributed by atoms with E-state index < -0.39 is 12.7 Å². The highest BCUT2D eigenvalue weighted by Gasteiger charge is 2.33. The monoisotopic (exact) mass is 554 g/mol. The molecule has 3 aromatic carbocycles. The number of hydrogen-bond donors (Lipinski definition) is 1. The number of rotatable bonds is 8. The number of benzene rings is 3. The number of imidazole rings is 1. The molecule has 3 heterocycles. The number of ether oxygens (including phenoxy) is 1. The van der Waals surface area contributed by atoms with Crippen LogP contribution in [0.25, 0.3) is 44.5 Å². The zero-order chi connectivity index (χ0) is 28.2. The molecular weight excluding hydrogens is 526 g/mol. The highest BCUT2D eigenvalue weighted by Crippen LogP contribution is 2.47. The number of hydrogen-bond acceptors (Lipinski definition) is 5. The molecule has 1 atom stereocenters. The van der Waals surface area contributed by atoms with Crippen molar-refractivity contribution in [3.8, 4) is 28.4 Å². The molecule has 6 aromatic rings. The lowest BCUT2D eigenvalue weighted by molar-refractivity contribution is -0.0494. The number of aryl methyl sites for hydroxylation is 1. The number of alkyl halides is 2. The summed E-state index contributed by atoms with van der Waals surface area (Å²) in [5.74, 6) is 0.907. The molecule has 1 saturated carbocycles. The van der Waals surface area contributed by atoms with E-state index in [1.165, 1.54) is 0 Å². The van der Waals surface area contributed by atoms with E-state index >= 15 is 0 Å². The Labute approximate surface area is 234 Å². The van der Waals surface area contributed by atoms with Gasteiger partial charge in [-0.15, -0.1) is 0 Å². The molecule has 10 heteroatoms. The van der Waals surface area contributed by atoms with Gasteiger partial charge in [-0.25, -0.2) is 4.98 Å². The molecule has 208 valence electrons. The Bertz CT molecular complexity index is 1890. The second-order valence-corrected chi connectivity index (χ2v) is 10.6. The van der Waals surface area contributed by atoms with Gasteiger partial charge in [-0.05, 0) is 30.5 Å². The van der Waals surface area contributed by atoms with E-state index in [1.807, 2.05) is 78.6 Å². The number of aliphatic hydroxyl groups is 1. The number of aromatic nitrogens is 6. The van der Waals surface area contributed by atoms with Gasteiger partial charge in [0.15, 0.2) is 0 Å². The summed E-state index contributed by atoms with van der Waals surface area (Å²) in [6, 6.07) is 18.8. The van der Waals surface area contributed by atoms with Crippen LogP contribution in [-0.2, 0) is 20.6 Å². The molecule has 0 bridgehead atoms. The van der Waals surface area contributed by atoms with Crippen molar-refractivity contribution >= 4 is 21.8 Å². The van der Waals surface area contributed by atoms with Gasteiger partial charge >= 0.3 is 6.61 Å². The van der Waals surface area contributed by atoms with Crippen molar-refractivity contribution in [1.29, 1.82) is 0 Å². The van der Waals surface area contributed by atoms with Crippen molar-refractivity contribution in [3.63, 3.8) is 0 Å². The molecule has 1 aliphatic rings. The third kappa shape index (κ3) is 4.63. The quantitative estimate of drug-likeness (QED) is 0.242. The van der Waals surface area contributed by atoms with Crippen LogP contribution in [0.1, 0.15) is 36.1 Å². The van der Waals surface area contributed by atoms with E-state index in [0.717, 1.165) is 51.6 Å². The van der Waals surface area contributed by atoms with Crippen LogP contribution >= 0.6 is 0 Å². The van der Waals surface area contributed by atoms with E-state index in [2.05, 4.69) is 5.10 Å². The Morgan fingerprint density at radius 3 is 2.51 bits per heavy atom. The maximum atomic E-state index is 13.5. The molecule has 0 amide bonds. The Balaban J connectivity index is 1.35. The average Bonchev–Trinajstić information content (AvgIpc) is 3.45. The highest BCUT2D eigenvalue weighted by molar-refractivity contribution is 5.95. The van der Waals surface area contributed by atoms with Crippen molar-refractivity contribution in [2.24, 2.45) is 14.1 Å². The Kier molecular flexibility index (Phi) is 6.08. The predicted molar refractivity (Wildman–Crippen MR) is 152 cm³/mol. The Morgan fingerprint density at radius 1 is 0.951 bits per heavy atom. The van der Waals surface area contributed by atoms with E-state index in [9.17, 15) is 13.9 Å². The van der Waals surface area contributed by atoms with Crippen LogP contribution in [0.5, 0.6) is 5.75 Å². The van der Waals surface area contributed by atoms with Gasteiger partial charge in [0.2, 0.25) is 0 Å². The van der Waals surface area contributed by atoms with E-state index in [1.54, 1.807) is 22.5 Å². The lowest BCUT2D eigenvalue weighted by Crippen LogP contribution is -2.08. The minimum atomic E-state index is -2.98. The molecule has 0 unspecified atom stereocenters. The van der Waals surface area contributed by atoms with Gasteiger partial charge in [0.05, 0.1) is 34.9 Å². The second-order valence-electron chi connectivity index (χ2n) is 10.6. The number of nitrogens with zero attached hydrogens (tertiary/aromatic N) is 6. The minimum absolute atomic E-state index is 0.0362. The standard InChI is InChI=1S/C31H28F2N6O2/c1-37-15-20-13-22(27(41-31(32)33)14-25(20)35-37)30-34-28(29(38(30)2)19-11-12-19)21-9-6-10-24-23(21)16-39(36-24)17-26(40)18-7-4-3-5-8-18/h3-10,13-16,19,26,31,40H,11-12,17H2,1-2H3/t26-/m0/s1. The van der Waals surface area contributed by atoms with Crippen LogP contribution in [-0.4, -0.2) is 40.8 Å². The molecule has 1 fully saturated rings. The molecular formula is C31H28F2N6O2. The third-order valence-electron chi connectivity index (χ3n) is 7.68. The number of fused-ring (bicyclic) bond motifs is 2. The fraction of sp³-hybridized carbons (Fsp3) is 0.258. The molecule has 41 heavy (non-hydrogen) atoms. The Morgan fingerprint density at radius 2 is 1.76 bits per heavy atom. The van der Waals surface area contributed by atoms with E-state index in [4.69, 9.17) is 14.8 Å². The molecule has 1 N–H and O–H groups in total. The molecule has 0 radical (unpaired) electrons. The van der Waals surface area contributed by atoms with Crippen molar-refractivity contribution in [3.05, 3.63) is 84.3 Å². The van der Waals surface area contributed by atoms with Gasteiger partial charge in [0.1, 0.15) is 11.6 Å². The van der Waals surface area contributed by atoms with Gasteiger partial charge < -0.3 is 14.4 Å². The minimum Gasteiger partial charge on any atom is -0.434 e. The first-order valence-corrected chi connectivity index (χ1v) is 13.5. The maximum Gasteiger partial charge on any atom is 0.387 e. The zero-order valence-electron chi connectivity index (χ0n) is 22.6. The summed E-state index contributed by atoms with van der Waals surface area (Å²) in [5.41, 5.74) is 5.42. The summed E-state index contributed by atoms with van der Waals surface area (Å²) in [6.45, 7) is -2.68. The first-order valence-electron chi connectivity index (χ1n) is 13.5. The fourth-order valence-corrected chi connectivity index (χ4v) is 5.67. The van der Waals surface area contributed by atoms with Crippen molar-refractivity contribution < 1.29 is 18.6 Å². The number of halogens is 2. The molecule has 0 saturated heterocycles. The first-order chi connectivity index (χ1) is 19.9. The largest absolute Gasteiger partial charge is 0.434 e. The summed E-state index contributed by atoms with van der Waals surface area (Å²) in [7, 11) is 3.72. The van der Waals surface area contributed by atoms with Crippen LogP contribution in [0.2, 0.25) is 0 Å². The summed E-state index contributed by atoms with van der Waals surface area (Å²) in [4.78, 5) is 5.09. The summed E-state index contributed by atoms with van der Waals surface area (Å²) in [6.07, 6.45) is 5.15. The summed E-state index contributed by atoms with van der Waals surface area (Å²) in [5, 5.41) is 21.6. The molecule has 3 aromatic heterocycles. The van der Waals surface area contributed by atoms with Gasteiger partial charge in [-0.3, -0.25) is 9.36 Å². The van der Waals surface area contributed by atoms with Crippen molar-refractivity contribution in [1.82, 2.24) is 29.1 Å². The average molecular weight is 555 g/mol. The lowest BCUT2D eigenvalue weighted by Gasteiger charge is -2.12. The molecule has 8 nitrogen and oxygen atoms in total. The molecule has 0 spiro atoms. The smallest absolute Gasteiger partial charge is 0.387 e. The van der Waals surface area contributed by atoms with Crippen LogP contribution in [0, 0.1) is 0 Å². The van der Waals surface area contributed by atoms with Gasteiger partial charge in [-0.2, -0.15) is 19.0 Å². The van der Waals surface area contributed by atoms with Crippen LogP contribution in [0.3, 0.4) is 0 Å². The number of aliphatic hydroxyl groups excluding tert-OH is 1. The molecule has 0 aliphatic heterocycles. The van der Waals surface area contributed by atoms with E-state index in [0.29, 0.717) is 29.4 Å². The predicted octanol–water partition coefficient (Wildman–Crippen LogP) is 6.20. The van der Waals surface area contributed by atoms with Crippen LogP contribution in [0.4, 0.5) is 8.78 Å². The van der Waals surface area contributed by atoms with Crippen molar-refractivity contribution in [2.75, 3.05) is 0 Å². The topological polar surface area (TPSA) is 82.9 Å². The second kappa shape index (κ2) is 9.81. The molecule has 1 aliphatic carbocycles. The molecule has 7 rings (SSSR count). The SMILES string of the molecule is Cn1cc2cc(-c3nc(-c4cccc5nn(C[C@H](O)c6ccccc6)cc45)c(C4CC4)n3C)c(OC(F)F)cc2n1. The van der Waals surface area contributed by atoms with Crippen LogP contribution in [0.15, 0.2) is 73.1 Å². The zero-order valence-corrected chi connectivity index (χ0v) is 22.6. The summed E-state index contributed by atoms with van der Waals surface area (Å²) < 4.78 is 37.4. The summed E-state index contributed by atoms with van der Waals surface area (Å²) >= 11 is 0. The van der Waals surface area contributed by atoms with Gasteiger partial charge in [0.25, 0.3) is 0 Å². The van der Waals surface area contributed by atoms with Gasteiger partial charge in [-0.1, -0.05) is 42.5 Å². The third-order valence-corrected chi connectivity index (χ3v) is 7.68. The van der Waals surface area contributed by atoms with Gasteiger partial charge in [0, 0.05) is 60.5 Å². The van der Waals surface area contributed by atoms with E-state index in [-0.39, 0.29) is 5.75 Å². The maximum absolute atomic E-state index is 13.5. The van der Waals surface area contributed by atoms with Crippen molar-refractivity contribution in [2.45, 2.75) is 38.0 Å². The fourth-order valence-electron chi connectivity index (χ4n) is 5.67. The first kappa shape index (κ1) is 25.4. The Hall–Kier alpha value is -4.57. The normalized spacial score (nSPS) is 14.4. The van der Waals surface area contributed by atoms with Crippen LogP contribution < -0.4 is 4.74 Å². The lowest BCUT2D eigenvalue weighted by atomic mass is 10.0. The highest BCUT2D eigenvalue weighted by atomic mass is 19.3.